The number of benzene rings is 2. The van der Waals surface area contributed by atoms with Crippen LogP contribution in [0.25, 0.3) is 16.7 Å². The molecule has 3 heterocycles. The van der Waals surface area contributed by atoms with Crippen LogP contribution in [0.4, 0.5) is 0 Å². The fraction of sp³-hybridized carbons (Fsp3) is 0.250. The number of thioether (sulfide) groups is 1. The fourth-order valence-corrected chi connectivity index (χ4v) is 5.19. The first kappa shape index (κ1) is 20.5. The van der Waals surface area contributed by atoms with Crippen LogP contribution < -0.4 is 5.56 Å². The summed E-state index contributed by atoms with van der Waals surface area (Å²) >= 11 is 1.51. The first-order valence-electron chi connectivity index (χ1n) is 10.5. The normalized spacial score (nSPS) is 15.1. The maximum Gasteiger partial charge on any atom is 0.265 e. The Hall–Kier alpha value is -3.39. The third-order valence-corrected chi connectivity index (χ3v) is 6.91. The molecular formula is C24H23N5O2S. The Morgan fingerprint density at radius 2 is 1.91 bits per heavy atom. The van der Waals surface area contributed by atoms with E-state index in [4.69, 9.17) is 4.98 Å². The quantitative estimate of drug-likeness (QED) is 0.439. The molecule has 2 aromatic heterocycles. The van der Waals surface area contributed by atoms with Crippen LogP contribution >= 0.6 is 11.8 Å². The minimum Gasteiger partial charge on any atom is -0.341 e. The van der Waals surface area contributed by atoms with Crippen LogP contribution in [0.2, 0.25) is 0 Å². The molecule has 5 rings (SSSR count). The largest absolute Gasteiger partial charge is 0.341 e. The number of aromatic nitrogens is 4. The van der Waals surface area contributed by atoms with Gasteiger partial charge in [-0.1, -0.05) is 60.3 Å². The summed E-state index contributed by atoms with van der Waals surface area (Å²) in [7, 11) is 1.80. The molecule has 1 aliphatic heterocycles. The van der Waals surface area contributed by atoms with Gasteiger partial charge in [0.1, 0.15) is 5.39 Å². The molecule has 0 saturated carbocycles. The molecule has 7 nitrogen and oxygen atoms in total. The summed E-state index contributed by atoms with van der Waals surface area (Å²) in [5, 5.41) is 5.55. The topological polar surface area (TPSA) is 73.0 Å². The van der Waals surface area contributed by atoms with E-state index in [0.717, 1.165) is 16.8 Å². The standard InChI is InChI=1S/C24H23N5O2S/c1-16-8-6-7-11-20(16)29-22-19(13-25-29)23(31)28-18(15-32-24(28)26-22)12-21(30)27(2)14-17-9-4-3-5-10-17/h3-11,13,18H,12,14-15H2,1-2H3. The average molecular weight is 446 g/mol. The Bertz CT molecular complexity index is 1360. The second-order valence-corrected chi connectivity index (χ2v) is 9.04. The molecule has 1 aliphatic rings. The highest BCUT2D eigenvalue weighted by molar-refractivity contribution is 7.99. The number of aryl methyl sites for hydroxylation is 1. The summed E-state index contributed by atoms with van der Waals surface area (Å²) < 4.78 is 3.39. The fourth-order valence-electron chi connectivity index (χ4n) is 4.06. The number of hydrogen-bond acceptors (Lipinski definition) is 5. The van der Waals surface area contributed by atoms with Crippen molar-refractivity contribution in [2.75, 3.05) is 12.8 Å². The maximum atomic E-state index is 13.3. The number of amides is 1. The van der Waals surface area contributed by atoms with E-state index in [1.807, 2.05) is 61.5 Å². The van der Waals surface area contributed by atoms with E-state index in [1.165, 1.54) is 11.8 Å². The first-order chi connectivity index (χ1) is 15.5. The molecule has 0 radical (unpaired) electrons. The summed E-state index contributed by atoms with van der Waals surface area (Å²) in [6.07, 6.45) is 1.84. The van der Waals surface area contributed by atoms with Gasteiger partial charge in [0.15, 0.2) is 10.8 Å². The Morgan fingerprint density at radius 3 is 2.69 bits per heavy atom. The van der Waals surface area contributed by atoms with Crippen LogP contribution in [-0.2, 0) is 11.3 Å². The van der Waals surface area contributed by atoms with Crippen molar-refractivity contribution in [1.29, 1.82) is 0 Å². The zero-order chi connectivity index (χ0) is 22.2. The van der Waals surface area contributed by atoms with E-state index < -0.39 is 0 Å². The highest BCUT2D eigenvalue weighted by Gasteiger charge is 2.30. The third-order valence-electron chi connectivity index (χ3n) is 5.81. The molecule has 1 atom stereocenters. The molecule has 1 amide bonds. The maximum absolute atomic E-state index is 13.3. The van der Waals surface area contributed by atoms with Gasteiger partial charge in [0, 0.05) is 25.8 Å². The zero-order valence-electron chi connectivity index (χ0n) is 17.9. The van der Waals surface area contributed by atoms with E-state index in [1.54, 1.807) is 27.4 Å². The van der Waals surface area contributed by atoms with Crippen LogP contribution in [0.15, 0.2) is 70.7 Å². The number of carbonyl (C=O) groups is 1. The second kappa shape index (κ2) is 8.27. The molecule has 2 aromatic carbocycles. The van der Waals surface area contributed by atoms with Crippen molar-refractivity contribution in [3.63, 3.8) is 0 Å². The van der Waals surface area contributed by atoms with Crippen molar-refractivity contribution in [2.45, 2.75) is 31.1 Å². The van der Waals surface area contributed by atoms with E-state index in [-0.39, 0.29) is 23.9 Å². The van der Waals surface area contributed by atoms with Gasteiger partial charge in [-0.15, -0.1) is 0 Å². The molecule has 0 N–H and O–H groups in total. The Kier molecular flexibility index (Phi) is 5.30. The van der Waals surface area contributed by atoms with Crippen LogP contribution in [0.5, 0.6) is 0 Å². The van der Waals surface area contributed by atoms with Crippen molar-refractivity contribution in [1.82, 2.24) is 24.2 Å². The molecule has 162 valence electrons. The van der Waals surface area contributed by atoms with Gasteiger partial charge < -0.3 is 4.90 Å². The molecule has 0 aliphatic carbocycles. The molecule has 8 heteroatoms. The van der Waals surface area contributed by atoms with Crippen LogP contribution in [-0.4, -0.2) is 42.9 Å². The van der Waals surface area contributed by atoms with Gasteiger partial charge >= 0.3 is 0 Å². The lowest BCUT2D eigenvalue weighted by Gasteiger charge is -2.20. The number of carbonyl (C=O) groups excluding carboxylic acids is 1. The summed E-state index contributed by atoms with van der Waals surface area (Å²) in [5.74, 6) is 0.660. The predicted octanol–water partition coefficient (Wildman–Crippen LogP) is 3.59. The Morgan fingerprint density at radius 1 is 1.16 bits per heavy atom. The van der Waals surface area contributed by atoms with E-state index in [2.05, 4.69) is 5.10 Å². The highest BCUT2D eigenvalue weighted by Crippen LogP contribution is 2.34. The lowest BCUT2D eigenvalue weighted by atomic mass is 10.1. The molecule has 0 spiro atoms. The number of rotatable bonds is 5. The summed E-state index contributed by atoms with van der Waals surface area (Å²) in [5.41, 5.74) is 3.44. The molecule has 0 fully saturated rings. The molecule has 0 bridgehead atoms. The van der Waals surface area contributed by atoms with Gasteiger partial charge in [-0.3, -0.25) is 14.2 Å². The lowest BCUT2D eigenvalue weighted by molar-refractivity contribution is -0.131. The van der Waals surface area contributed by atoms with Gasteiger partial charge in [-0.2, -0.15) is 5.10 Å². The van der Waals surface area contributed by atoms with Crippen molar-refractivity contribution < 1.29 is 4.79 Å². The number of para-hydroxylation sites is 1. The van der Waals surface area contributed by atoms with Gasteiger partial charge in [-0.25, -0.2) is 9.67 Å². The summed E-state index contributed by atoms with van der Waals surface area (Å²) in [4.78, 5) is 32.7. The van der Waals surface area contributed by atoms with Crippen molar-refractivity contribution in [2.24, 2.45) is 0 Å². The predicted molar refractivity (Wildman–Crippen MR) is 125 cm³/mol. The molecule has 32 heavy (non-hydrogen) atoms. The summed E-state index contributed by atoms with van der Waals surface area (Å²) in [6, 6.07) is 17.6. The first-order valence-corrected chi connectivity index (χ1v) is 11.5. The average Bonchev–Trinajstić information content (AvgIpc) is 3.40. The van der Waals surface area contributed by atoms with Gasteiger partial charge in [-0.05, 0) is 24.1 Å². The Balaban J connectivity index is 1.43. The second-order valence-electron chi connectivity index (χ2n) is 8.05. The van der Waals surface area contributed by atoms with E-state index >= 15 is 0 Å². The van der Waals surface area contributed by atoms with Crippen LogP contribution in [0.3, 0.4) is 0 Å². The SMILES string of the molecule is Cc1ccccc1-n1ncc2c(=O)n3c(nc21)SCC3CC(=O)N(C)Cc1ccccc1. The van der Waals surface area contributed by atoms with Gasteiger partial charge in [0.2, 0.25) is 5.91 Å². The smallest absolute Gasteiger partial charge is 0.265 e. The van der Waals surface area contributed by atoms with Crippen LogP contribution in [0, 0.1) is 6.92 Å². The van der Waals surface area contributed by atoms with Crippen molar-refractivity contribution in [3.05, 3.63) is 82.3 Å². The minimum absolute atomic E-state index is 0.00917. The molecule has 0 saturated heterocycles. The third kappa shape index (κ3) is 3.60. The number of hydrogen-bond donors (Lipinski definition) is 0. The number of fused-ring (bicyclic) bond motifs is 2. The van der Waals surface area contributed by atoms with E-state index in [9.17, 15) is 9.59 Å². The molecule has 1 unspecified atom stereocenters. The van der Waals surface area contributed by atoms with Gasteiger partial charge in [0.05, 0.1) is 17.9 Å². The highest BCUT2D eigenvalue weighted by atomic mass is 32.2. The van der Waals surface area contributed by atoms with Crippen molar-refractivity contribution >= 4 is 28.7 Å². The zero-order valence-corrected chi connectivity index (χ0v) is 18.7. The monoisotopic (exact) mass is 445 g/mol. The van der Waals surface area contributed by atoms with Crippen LogP contribution in [0.1, 0.15) is 23.6 Å². The lowest BCUT2D eigenvalue weighted by Crippen LogP contribution is -2.31. The summed E-state index contributed by atoms with van der Waals surface area (Å²) in [6.45, 7) is 2.55. The van der Waals surface area contributed by atoms with Crippen molar-refractivity contribution in [3.8, 4) is 5.69 Å². The number of nitrogens with zero attached hydrogens (tertiary/aromatic N) is 5. The molecule has 4 aromatic rings. The minimum atomic E-state index is -0.216. The van der Waals surface area contributed by atoms with Gasteiger partial charge in [0.25, 0.3) is 5.56 Å². The molecular weight excluding hydrogens is 422 g/mol. The van der Waals surface area contributed by atoms with E-state index in [0.29, 0.717) is 28.5 Å². The Labute approximate surface area is 189 Å².